The molecule has 1 heterocycles. The van der Waals surface area contributed by atoms with Gasteiger partial charge >= 0.3 is 0 Å². The van der Waals surface area contributed by atoms with E-state index < -0.39 is 0 Å². The molecule has 0 fully saturated rings. The Morgan fingerprint density at radius 1 is 1.29 bits per heavy atom. The average molecular weight is 344 g/mol. The van der Waals surface area contributed by atoms with Crippen LogP contribution in [0.15, 0.2) is 47.4 Å². The van der Waals surface area contributed by atoms with Crippen LogP contribution >= 0.6 is 11.8 Å². The lowest BCUT2D eigenvalue weighted by Gasteiger charge is -2.28. The molecule has 0 aliphatic carbocycles. The summed E-state index contributed by atoms with van der Waals surface area (Å²) in [6, 6.07) is 11.9. The molecular weight excluding hydrogens is 327 g/mol. The van der Waals surface area contributed by atoms with Gasteiger partial charge in [-0.25, -0.2) is 4.39 Å². The number of fused-ring (bicyclic) bond motifs is 1. The zero-order chi connectivity index (χ0) is 17.1. The van der Waals surface area contributed by atoms with E-state index in [2.05, 4.69) is 5.32 Å². The van der Waals surface area contributed by atoms with Gasteiger partial charge in [-0.2, -0.15) is 0 Å². The molecule has 124 valence electrons. The molecule has 3 rings (SSSR count). The van der Waals surface area contributed by atoms with Crippen molar-refractivity contribution in [1.29, 1.82) is 0 Å². The van der Waals surface area contributed by atoms with Crippen LogP contribution in [0.5, 0.6) is 0 Å². The number of hydrogen-bond acceptors (Lipinski definition) is 3. The van der Waals surface area contributed by atoms with E-state index in [1.54, 1.807) is 17.9 Å². The summed E-state index contributed by atoms with van der Waals surface area (Å²) in [6.45, 7) is 2.06. The van der Waals surface area contributed by atoms with Crippen molar-refractivity contribution >= 4 is 35.0 Å². The zero-order valence-electron chi connectivity index (χ0n) is 13.2. The molecule has 0 radical (unpaired) electrons. The first kappa shape index (κ1) is 16.5. The minimum atomic E-state index is -0.335. The van der Waals surface area contributed by atoms with Gasteiger partial charge in [0, 0.05) is 23.5 Å². The summed E-state index contributed by atoms with van der Waals surface area (Å²) in [5.74, 6) is -0.147. The van der Waals surface area contributed by atoms with Gasteiger partial charge in [-0.15, -0.1) is 11.8 Å². The summed E-state index contributed by atoms with van der Waals surface area (Å²) in [5.41, 5.74) is 2.10. The van der Waals surface area contributed by atoms with Crippen LogP contribution in [0.3, 0.4) is 0 Å². The average Bonchev–Trinajstić information content (AvgIpc) is 2.56. The molecule has 0 spiro atoms. The molecule has 2 amide bonds. The molecule has 2 aromatic carbocycles. The van der Waals surface area contributed by atoms with Crippen molar-refractivity contribution in [2.24, 2.45) is 0 Å². The fourth-order valence-electron chi connectivity index (χ4n) is 2.59. The van der Waals surface area contributed by atoms with Gasteiger partial charge in [-0.1, -0.05) is 12.1 Å². The third-order valence-corrected chi connectivity index (χ3v) is 4.88. The maximum atomic E-state index is 13.1. The predicted molar refractivity (Wildman–Crippen MR) is 93.9 cm³/mol. The van der Waals surface area contributed by atoms with E-state index >= 15 is 0 Å². The Bertz CT molecular complexity index is 794. The minimum absolute atomic E-state index is 0.00413. The maximum Gasteiger partial charge on any atom is 0.237 e. The minimum Gasteiger partial charge on any atom is -0.326 e. The molecule has 1 aliphatic heterocycles. The lowest BCUT2D eigenvalue weighted by Crippen LogP contribution is -2.37. The molecule has 0 aromatic heterocycles. The van der Waals surface area contributed by atoms with Gasteiger partial charge in [0.1, 0.15) is 5.82 Å². The highest BCUT2D eigenvalue weighted by molar-refractivity contribution is 8.00. The number of carbonyl (C=O) groups is 2. The number of halogens is 1. The topological polar surface area (TPSA) is 49.4 Å². The number of hydrogen-bond donors (Lipinski definition) is 1. The van der Waals surface area contributed by atoms with E-state index in [1.807, 2.05) is 24.3 Å². The Morgan fingerprint density at radius 2 is 2.08 bits per heavy atom. The SMILES string of the molecule is Cc1cc(F)ccc1NC(=O)CCN1C(=O)CSc2ccccc21. The fourth-order valence-corrected chi connectivity index (χ4v) is 3.53. The van der Waals surface area contributed by atoms with Crippen molar-refractivity contribution in [2.45, 2.75) is 18.2 Å². The highest BCUT2D eigenvalue weighted by Crippen LogP contribution is 2.34. The van der Waals surface area contributed by atoms with Crippen LogP contribution in [0, 0.1) is 12.7 Å². The van der Waals surface area contributed by atoms with Crippen LogP contribution in [-0.2, 0) is 9.59 Å². The second-order valence-electron chi connectivity index (χ2n) is 5.56. The molecule has 1 aliphatic rings. The van der Waals surface area contributed by atoms with Crippen molar-refractivity contribution in [1.82, 2.24) is 0 Å². The number of rotatable bonds is 4. The van der Waals surface area contributed by atoms with Gasteiger partial charge in [0.05, 0.1) is 11.4 Å². The first-order valence-electron chi connectivity index (χ1n) is 7.63. The normalized spacial score (nSPS) is 13.6. The van der Waals surface area contributed by atoms with Crippen molar-refractivity contribution in [3.63, 3.8) is 0 Å². The molecule has 1 N–H and O–H groups in total. The number of aryl methyl sites for hydroxylation is 1. The predicted octanol–water partition coefficient (Wildman–Crippen LogP) is 3.60. The molecule has 4 nitrogen and oxygen atoms in total. The largest absolute Gasteiger partial charge is 0.326 e. The number of nitrogens with zero attached hydrogens (tertiary/aromatic N) is 1. The van der Waals surface area contributed by atoms with Crippen LogP contribution in [0.1, 0.15) is 12.0 Å². The molecule has 0 unspecified atom stereocenters. The van der Waals surface area contributed by atoms with Gasteiger partial charge in [0.15, 0.2) is 0 Å². The van der Waals surface area contributed by atoms with Crippen LogP contribution in [0.4, 0.5) is 15.8 Å². The molecular formula is C18H17FN2O2S. The number of carbonyl (C=O) groups excluding carboxylic acids is 2. The number of benzene rings is 2. The molecule has 0 saturated heterocycles. The van der Waals surface area contributed by atoms with E-state index in [1.165, 1.54) is 23.9 Å². The summed E-state index contributed by atoms with van der Waals surface area (Å²) < 4.78 is 13.1. The van der Waals surface area contributed by atoms with E-state index in [4.69, 9.17) is 0 Å². The van der Waals surface area contributed by atoms with E-state index in [9.17, 15) is 14.0 Å². The Hall–Kier alpha value is -2.34. The third-order valence-electron chi connectivity index (χ3n) is 3.83. The Balaban J connectivity index is 1.65. The van der Waals surface area contributed by atoms with E-state index in [-0.39, 0.29) is 24.1 Å². The highest BCUT2D eigenvalue weighted by atomic mass is 32.2. The summed E-state index contributed by atoms with van der Waals surface area (Å²) >= 11 is 1.51. The Morgan fingerprint density at radius 3 is 2.88 bits per heavy atom. The standard InChI is InChI=1S/C18H17FN2O2S/c1-12-10-13(19)6-7-14(12)20-17(22)8-9-21-15-4-2-3-5-16(15)24-11-18(21)23/h2-7,10H,8-9,11H2,1H3,(H,20,22). The van der Waals surface area contributed by atoms with Gasteiger partial charge in [0.2, 0.25) is 11.8 Å². The smallest absolute Gasteiger partial charge is 0.237 e. The van der Waals surface area contributed by atoms with Crippen LogP contribution in [0.2, 0.25) is 0 Å². The van der Waals surface area contributed by atoms with Gasteiger partial charge in [-0.3, -0.25) is 9.59 Å². The first-order valence-corrected chi connectivity index (χ1v) is 8.61. The van der Waals surface area contributed by atoms with Gasteiger partial charge in [-0.05, 0) is 42.8 Å². The molecule has 0 bridgehead atoms. The second-order valence-corrected chi connectivity index (χ2v) is 6.58. The maximum absolute atomic E-state index is 13.1. The Kier molecular flexibility index (Phi) is 4.85. The van der Waals surface area contributed by atoms with Gasteiger partial charge in [0.25, 0.3) is 0 Å². The van der Waals surface area contributed by atoms with Crippen molar-refractivity contribution in [3.05, 3.63) is 53.8 Å². The van der Waals surface area contributed by atoms with E-state index in [0.717, 1.165) is 10.6 Å². The molecule has 24 heavy (non-hydrogen) atoms. The summed E-state index contributed by atoms with van der Waals surface area (Å²) in [6.07, 6.45) is 0.182. The van der Waals surface area contributed by atoms with Crippen molar-refractivity contribution in [3.8, 4) is 0 Å². The summed E-state index contributed by atoms with van der Waals surface area (Å²) in [5, 5.41) is 2.77. The third kappa shape index (κ3) is 3.59. The quantitative estimate of drug-likeness (QED) is 0.922. The number of anilines is 2. The number of thioether (sulfide) groups is 1. The van der Waals surface area contributed by atoms with Crippen LogP contribution in [0.25, 0.3) is 0 Å². The van der Waals surface area contributed by atoms with E-state index in [0.29, 0.717) is 23.5 Å². The lowest BCUT2D eigenvalue weighted by atomic mass is 10.2. The lowest BCUT2D eigenvalue weighted by molar-refractivity contribution is -0.117. The summed E-state index contributed by atoms with van der Waals surface area (Å²) in [4.78, 5) is 27.0. The molecule has 2 aromatic rings. The number of nitrogens with one attached hydrogen (secondary N) is 1. The Labute approximate surface area is 144 Å². The summed E-state index contributed by atoms with van der Waals surface area (Å²) in [7, 11) is 0. The highest BCUT2D eigenvalue weighted by Gasteiger charge is 2.24. The molecule has 0 saturated carbocycles. The molecule has 0 atom stereocenters. The van der Waals surface area contributed by atoms with Gasteiger partial charge < -0.3 is 10.2 Å². The number of amides is 2. The second kappa shape index (κ2) is 7.05. The van der Waals surface area contributed by atoms with Crippen molar-refractivity contribution < 1.29 is 14.0 Å². The van der Waals surface area contributed by atoms with Crippen molar-refractivity contribution in [2.75, 3.05) is 22.5 Å². The monoisotopic (exact) mass is 344 g/mol. The fraction of sp³-hybridized carbons (Fsp3) is 0.222. The van der Waals surface area contributed by atoms with Crippen LogP contribution < -0.4 is 10.2 Å². The zero-order valence-corrected chi connectivity index (χ0v) is 14.0. The first-order chi connectivity index (χ1) is 11.5. The molecule has 6 heteroatoms. The number of para-hydroxylation sites is 1. The van der Waals surface area contributed by atoms with Crippen LogP contribution in [-0.4, -0.2) is 24.1 Å².